The minimum atomic E-state index is -0.827. The molecule has 1 aromatic heterocycles. The Balaban J connectivity index is 1.38. The number of likely N-dealkylation sites (N-methyl/N-ethyl adjacent to an activating group) is 1. The molecule has 2 bridgehead atoms. The largest absolute Gasteiger partial charge is 0.465 e. The lowest BCUT2D eigenvalue weighted by Crippen LogP contribution is -2.56. The van der Waals surface area contributed by atoms with Crippen molar-refractivity contribution in [3.05, 3.63) is 11.3 Å². The molecule has 2 unspecified atom stereocenters. The van der Waals surface area contributed by atoms with Crippen LogP contribution in [0.3, 0.4) is 0 Å². The van der Waals surface area contributed by atoms with Crippen LogP contribution in [0.25, 0.3) is 0 Å². The first-order valence-corrected chi connectivity index (χ1v) is 10.8. The lowest BCUT2D eigenvalue weighted by Gasteiger charge is -2.41. The SMILES string of the molecule is CN1C[C@H](F)C[C@H]1COc1nc2c(c(N3CC4CCC(C3)N4C(=O)O)n1)CCNC2. The van der Waals surface area contributed by atoms with Gasteiger partial charge in [-0.25, -0.2) is 9.18 Å². The quantitative estimate of drug-likeness (QED) is 0.741. The highest BCUT2D eigenvalue weighted by Crippen LogP contribution is 2.35. The lowest BCUT2D eigenvalue weighted by molar-refractivity contribution is 0.114. The van der Waals surface area contributed by atoms with Crippen molar-refractivity contribution in [3.8, 4) is 6.01 Å². The fourth-order valence-electron chi connectivity index (χ4n) is 5.41. The van der Waals surface area contributed by atoms with E-state index in [1.54, 1.807) is 4.90 Å². The smallest absolute Gasteiger partial charge is 0.407 e. The van der Waals surface area contributed by atoms with E-state index < -0.39 is 12.3 Å². The van der Waals surface area contributed by atoms with Gasteiger partial charge >= 0.3 is 12.1 Å². The maximum atomic E-state index is 13.7. The third kappa shape index (κ3) is 3.56. The highest BCUT2D eigenvalue weighted by molar-refractivity contribution is 5.67. The number of nitrogens with one attached hydrogen (secondary N) is 1. The first kappa shape index (κ1) is 19.7. The number of likely N-dealkylation sites (tertiary alicyclic amines) is 1. The van der Waals surface area contributed by atoms with Crippen LogP contribution in [0.5, 0.6) is 6.01 Å². The van der Waals surface area contributed by atoms with Crippen molar-refractivity contribution in [2.24, 2.45) is 0 Å². The van der Waals surface area contributed by atoms with Crippen molar-refractivity contribution in [1.82, 2.24) is 25.1 Å². The summed E-state index contributed by atoms with van der Waals surface area (Å²) in [6.45, 7) is 3.63. The number of piperazine rings is 1. The summed E-state index contributed by atoms with van der Waals surface area (Å²) in [4.78, 5) is 26.8. The number of halogens is 1. The fourth-order valence-corrected chi connectivity index (χ4v) is 5.41. The summed E-state index contributed by atoms with van der Waals surface area (Å²) in [5.41, 5.74) is 2.07. The topological polar surface area (TPSA) is 94.1 Å². The van der Waals surface area contributed by atoms with Crippen molar-refractivity contribution in [2.45, 2.75) is 56.5 Å². The zero-order chi connectivity index (χ0) is 20.8. The van der Waals surface area contributed by atoms with E-state index in [2.05, 4.69) is 15.2 Å². The predicted molar refractivity (Wildman–Crippen MR) is 108 cm³/mol. The second-order valence-electron chi connectivity index (χ2n) is 8.90. The van der Waals surface area contributed by atoms with Crippen molar-refractivity contribution in [2.75, 3.05) is 44.7 Å². The van der Waals surface area contributed by atoms with Crippen LogP contribution >= 0.6 is 0 Å². The lowest BCUT2D eigenvalue weighted by atomic mass is 10.1. The van der Waals surface area contributed by atoms with Gasteiger partial charge in [0, 0.05) is 37.8 Å². The molecule has 0 spiro atoms. The minimum absolute atomic E-state index is 0.00609. The third-order valence-electron chi connectivity index (χ3n) is 6.94. The molecule has 0 aliphatic carbocycles. The van der Waals surface area contributed by atoms with E-state index in [1.165, 1.54) is 0 Å². The molecule has 4 atom stereocenters. The Morgan fingerprint density at radius 2 is 2.03 bits per heavy atom. The number of hydrogen-bond acceptors (Lipinski definition) is 7. The number of nitrogens with zero attached hydrogens (tertiary/aromatic N) is 5. The Labute approximate surface area is 175 Å². The van der Waals surface area contributed by atoms with E-state index in [4.69, 9.17) is 9.72 Å². The van der Waals surface area contributed by atoms with Crippen molar-refractivity contribution in [1.29, 1.82) is 0 Å². The second kappa shape index (κ2) is 7.81. The summed E-state index contributed by atoms with van der Waals surface area (Å²) in [7, 11) is 1.91. The number of alkyl halides is 1. The normalized spacial score (nSPS) is 31.1. The second-order valence-corrected chi connectivity index (χ2v) is 8.90. The van der Waals surface area contributed by atoms with E-state index in [-0.39, 0.29) is 18.1 Å². The van der Waals surface area contributed by atoms with Crippen LogP contribution in [0.4, 0.5) is 15.0 Å². The monoisotopic (exact) mass is 420 g/mol. The van der Waals surface area contributed by atoms with Crippen molar-refractivity contribution < 1.29 is 19.0 Å². The molecule has 4 aliphatic heterocycles. The van der Waals surface area contributed by atoms with Gasteiger partial charge in [-0.15, -0.1) is 0 Å². The summed E-state index contributed by atoms with van der Waals surface area (Å²) in [5, 5.41) is 12.9. The van der Waals surface area contributed by atoms with Gasteiger partial charge in [0.15, 0.2) is 0 Å². The molecular formula is C20H29FN6O3. The predicted octanol–water partition coefficient (Wildman–Crippen LogP) is 0.874. The third-order valence-corrected chi connectivity index (χ3v) is 6.94. The van der Waals surface area contributed by atoms with Gasteiger partial charge < -0.3 is 20.1 Å². The van der Waals surface area contributed by atoms with E-state index >= 15 is 0 Å². The number of hydrogen-bond donors (Lipinski definition) is 2. The number of amides is 1. The van der Waals surface area contributed by atoms with Crippen LogP contribution < -0.4 is 15.0 Å². The molecule has 9 nitrogen and oxygen atoms in total. The van der Waals surface area contributed by atoms with Crippen LogP contribution in [-0.4, -0.2) is 95.1 Å². The van der Waals surface area contributed by atoms with E-state index in [0.717, 1.165) is 42.9 Å². The number of carboxylic acid groups (broad SMARTS) is 1. The first-order chi connectivity index (χ1) is 14.5. The Kier molecular flexibility index (Phi) is 5.14. The molecule has 2 N–H and O–H groups in total. The summed E-state index contributed by atoms with van der Waals surface area (Å²) in [6, 6.07) is 0.366. The van der Waals surface area contributed by atoms with Crippen LogP contribution in [0.1, 0.15) is 30.5 Å². The summed E-state index contributed by atoms with van der Waals surface area (Å²) < 4.78 is 19.6. The van der Waals surface area contributed by atoms with Gasteiger partial charge in [-0.05, 0) is 39.3 Å². The Hall–Kier alpha value is -2.20. The molecule has 1 aromatic rings. The molecule has 4 aliphatic rings. The van der Waals surface area contributed by atoms with Gasteiger partial charge in [0.05, 0.1) is 17.8 Å². The number of ether oxygens (including phenoxy) is 1. The molecule has 10 heteroatoms. The summed E-state index contributed by atoms with van der Waals surface area (Å²) in [5.74, 6) is 0.876. The Bertz CT molecular complexity index is 812. The van der Waals surface area contributed by atoms with Crippen LogP contribution in [0.15, 0.2) is 0 Å². The maximum absolute atomic E-state index is 13.7. The van der Waals surface area contributed by atoms with Gasteiger partial charge in [-0.3, -0.25) is 9.80 Å². The summed E-state index contributed by atoms with van der Waals surface area (Å²) >= 11 is 0. The van der Waals surface area contributed by atoms with Gasteiger partial charge in [0.2, 0.25) is 0 Å². The van der Waals surface area contributed by atoms with E-state index in [9.17, 15) is 14.3 Å². The molecule has 1 amide bonds. The first-order valence-electron chi connectivity index (χ1n) is 10.8. The van der Waals surface area contributed by atoms with Crippen LogP contribution in [0.2, 0.25) is 0 Å². The molecular weight excluding hydrogens is 391 g/mol. The highest BCUT2D eigenvalue weighted by Gasteiger charge is 2.43. The molecule has 0 saturated carbocycles. The molecule has 0 aromatic carbocycles. The van der Waals surface area contributed by atoms with E-state index in [1.807, 2.05) is 11.9 Å². The van der Waals surface area contributed by atoms with Gasteiger partial charge in [0.1, 0.15) is 18.6 Å². The highest BCUT2D eigenvalue weighted by atomic mass is 19.1. The molecule has 0 radical (unpaired) electrons. The number of fused-ring (bicyclic) bond motifs is 3. The molecule has 5 rings (SSSR count). The van der Waals surface area contributed by atoms with Crippen LogP contribution in [-0.2, 0) is 13.0 Å². The number of anilines is 1. The maximum Gasteiger partial charge on any atom is 0.407 e. The summed E-state index contributed by atoms with van der Waals surface area (Å²) in [6.07, 6.45) is 1.46. The van der Waals surface area contributed by atoms with E-state index in [0.29, 0.717) is 45.2 Å². The molecule has 3 saturated heterocycles. The van der Waals surface area contributed by atoms with Gasteiger partial charge in [-0.2, -0.15) is 9.97 Å². The zero-order valence-corrected chi connectivity index (χ0v) is 17.3. The standard InChI is InChI=1S/C20H29FN6O3/c1-25-8-12(21)6-15(25)11-30-19-23-17-7-22-5-4-16(17)18(24-19)26-9-13-2-3-14(10-26)27(13)20(28)29/h12-15,22H,2-11H2,1H3,(H,28,29)/t12-,13?,14?,15+/m1/s1. The molecule has 5 heterocycles. The van der Waals surface area contributed by atoms with Crippen molar-refractivity contribution >= 4 is 11.9 Å². The number of carbonyl (C=O) groups is 1. The Morgan fingerprint density at radius 3 is 2.70 bits per heavy atom. The molecule has 3 fully saturated rings. The fraction of sp³-hybridized carbons (Fsp3) is 0.750. The average Bonchev–Trinajstić information content (AvgIpc) is 3.20. The molecule has 164 valence electrons. The van der Waals surface area contributed by atoms with Gasteiger partial charge in [0.25, 0.3) is 0 Å². The van der Waals surface area contributed by atoms with Gasteiger partial charge in [-0.1, -0.05) is 0 Å². The number of aromatic nitrogens is 2. The Morgan fingerprint density at radius 1 is 1.27 bits per heavy atom. The van der Waals surface area contributed by atoms with Crippen LogP contribution in [0, 0.1) is 0 Å². The minimum Gasteiger partial charge on any atom is -0.465 e. The average molecular weight is 420 g/mol. The molecule has 30 heavy (non-hydrogen) atoms. The van der Waals surface area contributed by atoms with Crippen molar-refractivity contribution in [3.63, 3.8) is 0 Å². The zero-order valence-electron chi connectivity index (χ0n) is 17.3. The number of rotatable bonds is 4.